The molecule has 2 aromatic rings. The Bertz CT molecular complexity index is 694. The quantitative estimate of drug-likeness (QED) is 0.887. The summed E-state index contributed by atoms with van der Waals surface area (Å²) in [7, 11) is 0. The number of aromatic nitrogens is 1. The van der Waals surface area contributed by atoms with E-state index >= 15 is 0 Å². The summed E-state index contributed by atoms with van der Waals surface area (Å²) in [6, 6.07) is 12.9. The third-order valence-electron chi connectivity index (χ3n) is 4.90. The van der Waals surface area contributed by atoms with Gasteiger partial charge in [-0.1, -0.05) is 35.5 Å². The Labute approximate surface area is 141 Å². The zero-order valence-electron chi connectivity index (χ0n) is 13.7. The average Bonchev–Trinajstić information content (AvgIpc) is 3.33. The largest absolute Gasteiger partial charge is 0.360 e. The van der Waals surface area contributed by atoms with E-state index in [2.05, 4.69) is 40.1 Å². The number of nitrogens with one attached hydrogen (secondary N) is 2. The van der Waals surface area contributed by atoms with E-state index in [0.29, 0.717) is 17.7 Å². The number of piperidine rings is 1. The van der Waals surface area contributed by atoms with Crippen LogP contribution in [0.5, 0.6) is 0 Å². The van der Waals surface area contributed by atoms with Gasteiger partial charge in [-0.25, -0.2) is 0 Å². The standard InChI is InChI=1S/C19H23N3O2/c23-19(17-12-18(24-22-17)14-6-7-14)21-15-8-9-20-16(11-15)10-13-4-2-1-3-5-13/h1-5,12,14-16,20H,6-11H2,(H,21,23)/t15-,16+/m0/s1. The predicted molar refractivity (Wildman–Crippen MR) is 90.9 cm³/mol. The number of rotatable bonds is 5. The second kappa shape index (κ2) is 6.77. The van der Waals surface area contributed by atoms with Gasteiger partial charge in [-0.05, 0) is 44.2 Å². The van der Waals surface area contributed by atoms with Gasteiger partial charge in [0.15, 0.2) is 5.69 Å². The molecule has 1 aliphatic heterocycles. The fourth-order valence-corrected chi connectivity index (χ4v) is 3.41. The molecule has 0 unspecified atom stereocenters. The lowest BCUT2D eigenvalue weighted by Gasteiger charge is -2.30. The van der Waals surface area contributed by atoms with Gasteiger partial charge in [0.2, 0.25) is 0 Å². The number of hydrogen-bond acceptors (Lipinski definition) is 4. The van der Waals surface area contributed by atoms with E-state index in [1.54, 1.807) is 6.07 Å². The first-order valence-electron chi connectivity index (χ1n) is 8.83. The van der Waals surface area contributed by atoms with Gasteiger partial charge in [0.1, 0.15) is 5.76 Å². The molecule has 5 nitrogen and oxygen atoms in total. The van der Waals surface area contributed by atoms with Crippen LogP contribution in [0.1, 0.15) is 53.4 Å². The molecule has 0 radical (unpaired) electrons. The summed E-state index contributed by atoms with van der Waals surface area (Å²) in [6.07, 6.45) is 5.17. The fraction of sp³-hybridized carbons (Fsp3) is 0.474. The maximum absolute atomic E-state index is 12.4. The van der Waals surface area contributed by atoms with Crippen LogP contribution in [0.15, 0.2) is 40.9 Å². The van der Waals surface area contributed by atoms with Crippen molar-refractivity contribution in [3.63, 3.8) is 0 Å². The van der Waals surface area contributed by atoms with Crippen molar-refractivity contribution >= 4 is 5.91 Å². The van der Waals surface area contributed by atoms with Crippen LogP contribution in [0.3, 0.4) is 0 Å². The number of hydrogen-bond donors (Lipinski definition) is 2. The van der Waals surface area contributed by atoms with Crippen LogP contribution < -0.4 is 10.6 Å². The molecule has 1 aromatic carbocycles. The molecule has 1 aromatic heterocycles. The molecular weight excluding hydrogens is 302 g/mol. The Hall–Kier alpha value is -2.14. The second-order valence-corrected chi connectivity index (χ2v) is 6.92. The Balaban J connectivity index is 1.32. The minimum absolute atomic E-state index is 0.115. The van der Waals surface area contributed by atoms with Crippen molar-refractivity contribution in [1.29, 1.82) is 0 Å². The van der Waals surface area contributed by atoms with E-state index in [4.69, 9.17) is 4.52 Å². The maximum Gasteiger partial charge on any atom is 0.273 e. The lowest BCUT2D eigenvalue weighted by molar-refractivity contribution is 0.0915. The molecule has 2 atom stereocenters. The minimum Gasteiger partial charge on any atom is -0.360 e. The van der Waals surface area contributed by atoms with Crippen LogP contribution >= 0.6 is 0 Å². The Kier molecular flexibility index (Phi) is 4.34. The Morgan fingerprint density at radius 2 is 2.08 bits per heavy atom. The SMILES string of the molecule is O=C(N[C@H]1CCN[C@H](Cc2ccccc2)C1)c1cc(C2CC2)on1. The summed E-state index contributed by atoms with van der Waals surface area (Å²) >= 11 is 0. The highest BCUT2D eigenvalue weighted by molar-refractivity contribution is 5.92. The topological polar surface area (TPSA) is 67.2 Å². The molecule has 4 rings (SSSR count). The molecule has 0 spiro atoms. The number of amides is 1. The van der Waals surface area contributed by atoms with Gasteiger partial charge in [0.05, 0.1) is 0 Å². The molecule has 1 amide bonds. The number of carbonyl (C=O) groups is 1. The molecule has 24 heavy (non-hydrogen) atoms. The maximum atomic E-state index is 12.4. The summed E-state index contributed by atoms with van der Waals surface area (Å²) in [5.41, 5.74) is 1.74. The molecule has 5 heteroatoms. The van der Waals surface area contributed by atoms with Gasteiger partial charge >= 0.3 is 0 Å². The first-order valence-corrected chi connectivity index (χ1v) is 8.83. The van der Waals surface area contributed by atoms with Crippen LogP contribution in [0.2, 0.25) is 0 Å². The number of nitrogens with zero attached hydrogens (tertiary/aromatic N) is 1. The zero-order chi connectivity index (χ0) is 16.4. The molecule has 2 N–H and O–H groups in total. The van der Waals surface area contributed by atoms with Crippen LogP contribution in [0.25, 0.3) is 0 Å². The van der Waals surface area contributed by atoms with Crippen LogP contribution in [0, 0.1) is 0 Å². The van der Waals surface area contributed by atoms with Crippen LogP contribution in [-0.4, -0.2) is 29.7 Å². The van der Waals surface area contributed by atoms with Crippen molar-refractivity contribution in [2.24, 2.45) is 0 Å². The molecule has 2 aliphatic rings. The molecule has 0 bridgehead atoms. The Morgan fingerprint density at radius 3 is 2.88 bits per heavy atom. The van der Waals surface area contributed by atoms with Crippen molar-refractivity contribution in [3.8, 4) is 0 Å². The summed E-state index contributed by atoms with van der Waals surface area (Å²) in [4.78, 5) is 12.4. The third kappa shape index (κ3) is 3.67. The van der Waals surface area contributed by atoms with Gasteiger partial charge in [-0.15, -0.1) is 0 Å². The first-order chi connectivity index (χ1) is 11.8. The molecule has 1 saturated carbocycles. The molecular formula is C19H23N3O2. The third-order valence-corrected chi connectivity index (χ3v) is 4.90. The molecule has 2 heterocycles. The van der Waals surface area contributed by atoms with Crippen molar-refractivity contribution in [2.75, 3.05) is 6.54 Å². The zero-order valence-corrected chi connectivity index (χ0v) is 13.7. The predicted octanol–water partition coefficient (Wildman–Crippen LogP) is 2.65. The molecule has 126 valence electrons. The lowest BCUT2D eigenvalue weighted by atomic mass is 9.94. The lowest BCUT2D eigenvalue weighted by Crippen LogP contribution is -2.48. The minimum atomic E-state index is -0.115. The van der Waals surface area contributed by atoms with Crippen LogP contribution in [0.4, 0.5) is 0 Å². The van der Waals surface area contributed by atoms with Crippen LogP contribution in [-0.2, 0) is 6.42 Å². The first kappa shape index (κ1) is 15.4. The normalized spacial score (nSPS) is 23.8. The monoisotopic (exact) mass is 325 g/mol. The van der Waals surface area contributed by atoms with Gasteiger partial charge in [-0.2, -0.15) is 0 Å². The van der Waals surface area contributed by atoms with Crippen molar-refractivity contribution < 1.29 is 9.32 Å². The highest BCUT2D eigenvalue weighted by Gasteiger charge is 2.30. The summed E-state index contributed by atoms with van der Waals surface area (Å²) in [5, 5.41) is 10.6. The smallest absolute Gasteiger partial charge is 0.273 e. The van der Waals surface area contributed by atoms with E-state index in [1.807, 2.05) is 6.07 Å². The number of benzene rings is 1. The average molecular weight is 325 g/mol. The fourth-order valence-electron chi connectivity index (χ4n) is 3.41. The van der Waals surface area contributed by atoms with Gasteiger partial charge in [-0.3, -0.25) is 4.79 Å². The Morgan fingerprint density at radius 1 is 1.25 bits per heavy atom. The molecule has 1 saturated heterocycles. The van der Waals surface area contributed by atoms with Gasteiger partial charge < -0.3 is 15.2 Å². The van der Waals surface area contributed by atoms with E-state index < -0.39 is 0 Å². The van der Waals surface area contributed by atoms with E-state index in [-0.39, 0.29) is 11.9 Å². The van der Waals surface area contributed by atoms with E-state index in [0.717, 1.165) is 44.4 Å². The van der Waals surface area contributed by atoms with Gasteiger partial charge in [0.25, 0.3) is 5.91 Å². The highest BCUT2D eigenvalue weighted by Crippen LogP contribution is 2.40. The second-order valence-electron chi connectivity index (χ2n) is 6.92. The van der Waals surface area contributed by atoms with Gasteiger partial charge in [0, 0.05) is 24.1 Å². The van der Waals surface area contributed by atoms with Crippen molar-refractivity contribution in [3.05, 3.63) is 53.4 Å². The van der Waals surface area contributed by atoms with Crippen molar-refractivity contribution in [1.82, 2.24) is 15.8 Å². The van der Waals surface area contributed by atoms with E-state index in [1.165, 1.54) is 5.56 Å². The number of carbonyl (C=O) groups excluding carboxylic acids is 1. The summed E-state index contributed by atoms with van der Waals surface area (Å²) in [6.45, 7) is 0.925. The summed E-state index contributed by atoms with van der Waals surface area (Å²) in [5.74, 6) is 1.22. The highest BCUT2D eigenvalue weighted by atomic mass is 16.5. The molecule has 1 aliphatic carbocycles. The molecule has 2 fully saturated rings. The summed E-state index contributed by atoms with van der Waals surface area (Å²) < 4.78 is 5.28. The van der Waals surface area contributed by atoms with E-state index in [9.17, 15) is 4.79 Å². The van der Waals surface area contributed by atoms with Crippen molar-refractivity contribution in [2.45, 2.75) is 50.1 Å².